The number of thioether (sulfide) groups is 1. The lowest BCUT2D eigenvalue weighted by atomic mass is 10.2. The topological polar surface area (TPSA) is 52.0 Å². The van der Waals surface area contributed by atoms with Crippen molar-refractivity contribution >= 4 is 29.1 Å². The van der Waals surface area contributed by atoms with Gasteiger partial charge in [0, 0.05) is 23.1 Å². The first-order chi connectivity index (χ1) is 14.2. The van der Waals surface area contributed by atoms with Crippen molar-refractivity contribution in [3.05, 3.63) is 70.8 Å². The molecular formula is C21H22ClFN4OS. The lowest BCUT2D eigenvalue weighted by molar-refractivity contribution is 0.0942. The van der Waals surface area contributed by atoms with Crippen LogP contribution in [0.15, 0.2) is 53.7 Å². The molecule has 0 radical (unpaired) electrons. The molecule has 1 N–H and O–H groups in total. The second kappa shape index (κ2) is 9.61. The molecule has 1 unspecified atom stereocenters. The third kappa shape index (κ3) is 5.50. The lowest BCUT2D eigenvalue weighted by Crippen LogP contribution is -2.19. The third-order valence-electron chi connectivity index (χ3n) is 4.78. The number of aromatic nitrogens is 3. The smallest absolute Gasteiger partial charge is 0.191 e. The van der Waals surface area contributed by atoms with Gasteiger partial charge >= 0.3 is 0 Å². The van der Waals surface area contributed by atoms with Gasteiger partial charge in [0.1, 0.15) is 5.82 Å². The van der Waals surface area contributed by atoms with E-state index in [1.54, 1.807) is 23.9 Å². The van der Waals surface area contributed by atoms with E-state index in [1.807, 2.05) is 24.3 Å². The molecule has 1 atom stereocenters. The number of benzene rings is 2. The third-order valence-corrected chi connectivity index (χ3v) is 6.07. The van der Waals surface area contributed by atoms with Crippen LogP contribution in [-0.4, -0.2) is 27.5 Å². The average Bonchev–Trinajstić information content (AvgIpc) is 3.38. The molecule has 0 saturated carbocycles. The van der Waals surface area contributed by atoms with E-state index in [0.717, 1.165) is 53.4 Å². The second-order valence-electron chi connectivity index (χ2n) is 6.92. The Balaban J connectivity index is 1.47. The number of anilines is 1. The molecule has 5 nitrogen and oxygen atoms in total. The number of halogens is 2. The van der Waals surface area contributed by atoms with Crippen LogP contribution in [0.25, 0.3) is 0 Å². The van der Waals surface area contributed by atoms with Crippen molar-refractivity contribution in [1.29, 1.82) is 0 Å². The zero-order chi connectivity index (χ0) is 20.1. The number of ether oxygens (including phenoxy) is 1. The molecule has 0 bridgehead atoms. The van der Waals surface area contributed by atoms with E-state index in [2.05, 4.69) is 20.1 Å². The Hall–Kier alpha value is -2.09. The molecule has 1 aromatic heterocycles. The highest BCUT2D eigenvalue weighted by Crippen LogP contribution is 2.25. The maximum Gasteiger partial charge on any atom is 0.191 e. The molecule has 2 heterocycles. The largest absolute Gasteiger partial charge is 0.378 e. The van der Waals surface area contributed by atoms with Gasteiger partial charge in [-0.2, -0.15) is 0 Å². The fraction of sp³-hybridized carbons (Fsp3) is 0.333. The van der Waals surface area contributed by atoms with Crippen molar-refractivity contribution in [3.8, 4) is 0 Å². The minimum absolute atomic E-state index is 0.186. The van der Waals surface area contributed by atoms with Crippen LogP contribution in [0.5, 0.6) is 0 Å². The molecule has 0 aliphatic carbocycles. The molecule has 3 aromatic rings. The Kier molecular flexibility index (Phi) is 6.69. The van der Waals surface area contributed by atoms with Crippen molar-refractivity contribution < 1.29 is 9.13 Å². The number of nitrogens with one attached hydrogen (secondary N) is 1. The van der Waals surface area contributed by atoms with Crippen LogP contribution in [0.1, 0.15) is 24.2 Å². The molecule has 2 aromatic carbocycles. The maximum atomic E-state index is 13.1. The predicted molar refractivity (Wildman–Crippen MR) is 114 cm³/mol. The molecule has 1 fully saturated rings. The Morgan fingerprint density at radius 2 is 1.93 bits per heavy atom. The van der Waals surface area contributed by atoms with E-state index in [9.17, 15) is 4.39 Å². The van der Waals surface area contributed by atoms with Crippen LogP contribution in [0.4, 0.5) is 10.1 Å². The summed E-state index contributed by atoms with van der Waals surface area (Å²) in [6.45, 7) is 2.05. The van der Waals surface area contributed by atoms with Crippen molar-refractivity contribution in [1.82, 2.24) is 14.8 Å². The Bertz CT molecular complexity index is 860. The molecule has 4 rings (SSSR count). The average molecular weight is 433 g/mol. The first-order valence-electron chi connectivity index (χ1n) is 9.58. The van der Waals surface area contributed by atoms with Gasteiger partial charge in [0.25, 0.3) is 0 Å². The number of hydrogen-bond acceptors (Lipinski definition) is 5. The van der Waals surface area contributed by atoms with Crippen molar-refractivity contribution in [2.45, 2.75) is 42.9 Å². The highest BCUT2D eigenvalue weighted by atomic mass is 35.5. The van der Waals surface area contributed by atoms with E-state index in [0.29, 0.717) is 6.54 Å². The summed E-state index contributed by atoms with van der Waals surface area (Å²) >= 11 is 7.62. The zero-order valence-electron chi connectivity index (χ0n) is 15.9. The monoisotopic (exact) mass is 432 g/mol. The molecule has 152 valence electrons. The van der Waals surface area contributed by atoms with E-state index >= 15 is 0 Å². The van der Waals surface area contributed by atoms with Crippen molar-refractivity contribution in [2.24, 2.45) is 0 Å². The normalized spacial score (nSPS) is 16.3. The van der Waals surface area contributed by atoms with Crippen molar-refractivity contribution in [3.63, 3.8) is 0 Å². The van der Waals surface area contributed by atoms with Gasteiger partial charge < -0.3 is 14.6 Å². The molecule has 1 saturated heterocycles. The molecule has 0 amide bonds. The number of hydrogen-bond donors (Lipinski definition) is 1. The Labute approximate surface area is 178 Å². The van der Waals surface area contributed by atoms with E-state index in [-0.39, 0.29) is 11.9 Å². The summed E-state index contributed by atoms with van der Waals surface area (Å²) in [6, 6.07) is 14.1. The van der Waals surface area contributed by atoms with Crippen LogP contribution in [0.2, 0.25) is 5.02 Å². The molecule has 1 aliphatic rings. The Morgan fingerprint density at radius 1 is 1.14 bits per heavy atom. The van der Waals surface area contributed by atoms with Gasteiger partial charge in [-0.3, -0.25) is 0 Å². The van der Waals surface area contributed by atoms with Gasteiger partial charge in [0.2, 0.25) is 0 Å². The van der Waals surface area contributed by atoms with Crippen LogP contribution in [0.3, 0.4) is 0 Å². The van der Waals surface area contributed by atoms with E-state index in [4.69, 9.17) is 16.3 Å². The van der Waals surface area contributed by atoms with Gasteiger partial charge in [0.05, 0.1) is 19.2 Å². The van der Waals surface area contributed by atoms with Gasteiger partial charge in [-0.15, -0.1) is 10.2 Å². The molecule has 8 heteroatoms. The first-order valence-corrected chi connectivity index (χ1v) is 10.9. The number of rotatable bonds is 8. The second-order valence-corrected chi connectivity index (χ2v) is 8.30. The summed E-state index contributed by atoms with van der Waals surface area (Å²) in [5.41, 5.74) is 2.02. The van der Waals surface area contributed by atoms with Crippen LogP contribution in [0, 0.1) is 5.82 Å². The fourth-order valence-electron chi connectivity index (χ4n) is 3.21. The molecule has 1 aliphatic heterocycles. The van der Waals surface area contributed by atoms with Crippen LogP contribution < -0.4 is 5.32 Å². The maximum absolute atomic E-state index is 13.1. The molecular weight excluding hydrogens is 411 g/mol. The summed E-state index contributed by atoms with van der Waals surface area (Å²) in [6.07, 6.45) is 2.32. The summed E-state index contributed by atoms with van der Waals surface area (Å²) in [5.74, 6) is 1.37. The van der Waals surface area contributed by atoms with Gasteiger partial charge in [0.15, 0.2) is 11.0 Å². The van der Waals surface area contributed by atoms with E-state index in [1.165, 1.54) is 17.7 Å². The predicted octanol–water partition coefficient (Wildman–Crippen LogP) is 5.15. The van der Waals surface area contributed by atoms with Crippen LogP contribution >= 0.6 is 23.4 Å². The van der Waals surface area contributed by atoms with E-state index < -0.39 is 0 Å². The summed E-state index contributed by atoms with van der Waals surface area (Å²) in [7, 11) is 0. The minimum Gasteiger partial charge on any atom is -0.378 e. The SMILES string of the molecule is Fc1ccc(NCc2nnc(SCc3ccc(Cl)cc3)n2CC2CCCO2)cc1. The Morgan fingerprint density at radius 3 is 2.66 bits per heavy atom. The van der Waals surface area contributed by atoms with Crippen molar-refractivity contribution in [2.75, 3.05) is 11.9 Å². The molecule has 29 heavy (non-hydrogen) atoms. The van der Waals surface area contributed by atoms with Gasteiger partial charge in [-0.1, -0.05) is 35.5 Å². The number of nitrogens with zero attached hydrogens (tertiary/aromatic N) is 3. The summed E-state index contributed by atoms with van der Waals surface area (Å²) < 4.78 is 21.1. The standard InChI is InChI=1S/C21H22ClFN4OS/c22-16-5-3-15(4-6-16)14-29-21-26-25-20(27(21)13-19-2-1-11-28-19)12-24-18-9-7-17(23)8-10-18/h3-10,19,24H,1-2,11-14H2. The highest BCUT2D eigenvalue weighted by molar-refractivity contribution is 7.98. The van der Waals surface area contributed by atoms with Gasteiger partial charge in [-0.05, 0) is 54.8 Å². The summed E-state index contributed by atoms with van der Waals surface area (Å²) in [4.78, 5) is 0. The first kappa shape index (κ1) is 20.2. The van der Waals surface area contributed by atoms with Crippen LogP contribution in [-0.2, 0) is 23.6 Å². The fourth-order valence-corrected chi connectivity index (χ4v) is 4.26. The lowest BCUT2D eigenvalue weighted by Gasteiger charge is -2.15. The quantitative estimate of drug-likeness (QED) is 0.498. The zero-order valence-corrected chi connectivity index (χ0v) is 17.4. The highest BCUT2D eigenvalue weighted by Gasteiger charge is 2.21. The summed E-state index contributed by atoms with van der Waals surface area (Å²) in [5, 5.41) is 13.7. The van der Waals surface area contributed by atoms with Gasteiger partial charge in [-0.25, -0.2) is 4.39 Å². The molecule has 0 spiro atoms. The minimum atomic E-state index is -0.252.